The molecular weight excluding hydrogens is 202 g/mol. The number of ether oxygens (including phenoxy) is 1. The van der Waals surface area contributed by atoms with Crippen LogP contribution in [0.3, 0.4) is 0 Å². The Kier molecular flexibility index (Phi) is 3.80. The predicted molar refractivity (Wildman–Crippen MR) is 63.1 cm³/mol. The Hall–Kier alpha value is -1.06. The van der Waals surface area contributed by atoms with Gasteiger partial charge in [0.05, 0.1) is 12.7 Å². The molecule has 1 fully saturated rings. The zero-order chi connectivity index (χ0) is 11.4. The molecule has 1 aliphatic rings. The average molecular weight is 221 g/mol. The van der Waals surface area contributed by atoms with Crippen molar-refractivity contribution < 1.29 is 9.84 Å². The molecule has 1 aromatic carbocycles. The number of hydrogen-bond acceptors (Lipinski definition) is 3. The number of rotatable bonds is 4. The number of hydrogen-bond donors (Lipinski definition) is 2. The topological polar surface area (TPSA) is 55.5 Å². The third-order valence-electron chi connectivity index (χ3n) is 3.16. The van der Waals surface area contributed by atoms with E-state index >= 15 is 0 Å². The normalized spacial score (nSPS) is 16.6. The SMILES string of the molecule is NCc1cccc(CO)c1OC1CCCC1. The minimum atomic E-state index is 0.00981. The number of benzene rings is 1. The molecule has 88 valence electrons. The molecule has 0 unspecified atom stereocenters. The molecule has 3 nitrogen and oxygen atoms in total. The fourth-order valence-electron chi connectivity index (χ4n) is 2.25. The molecule has 0 radical (unpaired) electrons. The molecule has 0 amide bonds. The Morgan fingerprint density at radius 3 is 2.56 bits per heavy atom. The van der Waals surface area contributed by atoms with Gasteiger partial charge < -0.3 is 15.6 Å². The molecule has 0 aliphatic heterocycles. The van der Waals surface area contributed by atoms with E-state index in [9.17, 15) is 5.11 Å². The van der Waals surface area contributed by atoms with Crippen LogP contribution in [0.4, 0.5) is 0 Å². The van der Waals surface area contributed by atoms with Crippen LogP contribution in [0.15, 0.2) is 18.2 Å². The van der Waals surface area contributed by atoms with Gasteiger partial charge in [0, 0.05) is 17.7 Å². The van der Waals surface area contributed by atoms with E-state index in [1.54, 1.807) is 0 Å². The first kappa shape index (κ1) is 11.4. The van der Waals surface area contributed by atoms with E-state index in [2.05, 4.69) is 0 Å². The van der Waals surface area contributed by atoms with Gasteiger partial charge in [0.25, 0.3) is 0 Å². The van der Waals surface area contributed by atoms with Crippen LogP contribution in [0.1, 0.15) is 36.8 Å². The lowest BCUT2D eigenvalue weighted by Gasteiger charge is -2.18. The Bertz CT molecular complexity index is 324. The van der Waals surface area contributed by atoms with Crippen molar-refractivity contribution in [2.75, 3.05) is 0 Å². The lowest BCUT2D eigenvalue weighted by atomic mass is 10.1. The minimum absolute atomic E-state index is 0.00981. The third-order valence-corrected chi connectivity index (χ3v) is 3.16. The van der Waals surface area contributed by atoms with Crippen LogP contribution < -0.4 is 10.5 Å². The van der Waals surface area contributed by atoms with E-state index in [4.69, 9.17) is 10.5 Å². The van der Waals surface area contributed by atoms with Gasteiger partial charge in [0.15, 0.2) is 0 Å². The predicted octanol–water partition coefficient (Wildman–Crippen LogP) is 1.96. The van der Waals surface area contributed by atoms with Crippen LogP contribution in [0.25, 0.3) is 0 Å². The van der Waals surface area contributed by atoms with Crippen molar-refractivity contribution in [1.82, 2.24) is 0 Å². The highest BCUT2D eigenvalue weighted by atomic mass is 16.5. The molecular formula is C13H19NO2. The molecule has 2 rings (SSSR count). The first-order valence-electron chi connectivity index (χ1n) is 5.93. The van der Waals surface area contributed by atoms with Gasteiger partial charge in [0.1, 0.15) is 5.75 Å². The highest BCUT2D eigenvalue weighted by Crippen LogP contribution is 2.29. The molecule has 1 aromatic rings. The Balaban J connectivity index is 2.21. The molecule has 0 bridgehead atoms. The monoisotopic (exact) mass is 221 g/mol. The van der Waals surface area contributed by atoms with Crippen molar-refractivity contribution >= 4 is 0 Å². The van der Waals surface area contributed by atoms with Gasteiger partial charge in [0.2, 0.25) is 0 Å². The van der Waals surface area contributed by atoms with Gasteiger partial charge in [-0.2, -0.15) is 0 Å². The minimum Gasteiger partial charge on any atom is -0.490 e. The molecule has 1 saturated carbocycles. The molecule has 16 heavy (non-hydrogen) atoms. The largest absolute Gasteiger partial charge is 0.490 e. The number of para-hydroxylation sites is 1. The van der Waals surface area contributed by atoms with E-state index in [-0.39, 0.29) is 6.61 Å². The van der Waals surface area contributed by atoms with Crippen molar-refractivity contribution in [3.63, 3.8) is 0 Å². The van der Waals surface area contributed by atoms with Crippen LogP contribution in [0.2, 0.25) is 0 Å². The average Bonchev–Trinajstić information content (AvgIpc) is 2.82. The molecule has 0 saturated heterocycles. The summed E-state index contributed by atoms with van der Waals surface area (Å²) in [7, 11) is 0. The van der Waals surface area contributed by atoms with Crippen LogP contribution >= 0.6 is 0 Å². The summed E-state index contributed by atoms with van der Waals surface area (Å²) < 4.78 is 5.98. The fourth-order valence-corrected chi connectivity index (χ4v) is 2.25. The van der Waals surface area contributed by atoms with Gasteiger partial charge in [-0.1, -0.05) is 18.2 Å². The molecule has 3 N–H and O–H groups in total. The van der Waals surface area contributed by atoms with Crippen molar-refractivity contribution in [3.8, 4) is 5.75 Å². The molecule has 0 aromatic heterocycles. The number of nitrogens with two attached hydrogens (primary N) is 1. The number of aliphatic hydroxyl groups is 1. The highest BCUT2D eigenvalue weighted by molar-refractivity contribution is 5.41. The fraction of sp³-hybridized carbons (Fsp3) is 0.538. The third kappa shape index (κ3) is 2.36. The maximum Gasteiger partial charge on any atom is 0.129 e. The van der Waals surface area contributed by atoms with Crippen LogP contribution in [-0.2, 0) is 13.2 Å². The van der Waals surface area contributed by atoms with Crippen LogP contribution in [-0.4, -0.2) is 11.2 Å². The van der Waals surface area contributed by atoms with Gasteiger partial charge in [-0.05, 0) is 25.7 Å². The van der Waals surface area contributed by atoms with Gasteiger partial charge in [-0.15, -0.1) is 0 Å². The smallest absolute Gasteiger partial charge is 0.129 e. The Morgan fingerprint density at radius 1 is 1.25 bits per heavy atom. The second kappa shape index (κ2) is 5.32. The second-order valence-corrected chi connectivity index (χ2v) is 4.29. The lowest BCUT2D eigenvalue weighted by Crippen LogP contribution is -2.14. The van der Waals surface area contributed by atoms with E-state index in [0.29, 0.717) is 12.6 Å². The van der Waals surface area contributed by atoms with Crippen molar-refractivity contribution in [2.45, 2.75) is 44.9 Å². The van der Waals surface area contributed by atoms with Gasteiger partial charge in [-0.25, -0.2) is 0 Å². The molecule has 0 atom stereocenters. The standard InChI is InChI=1S/C13H19NO2/c14-8-10-4-3-5-11(9-15)13(10)16-12-6-1-2-7-12/h3-5,12,15H,1-2,6-9,14H2. The maximum atomic E-state index is 9.29. The maximum absolute atomic E-state index is 9.29. The highest BCUT2D eigenvalue weighted by Gasteiger charge is 2.19. The summed E-state index contributed by atoms with van der Waals surface area (Å²) in [5.41, 5.74) is 7.51. The molecule has 3 heteroatoms. The van der Waals surface area contributed by atoms with Crippen molar-refractivity contribution in [2.24, 2.45) is 5.73 Å². The molecule has 0 spiro atoms. The summed E-state index contributed by atoms with van der Waals surface area (Å²) in [6, 6.07) is 5.77. The summed E-state index contributed by atoms with van der Waals surface area (Å²) in [5.74, 6) is 0.805. The summed E-state index contributed by atoms with van der Waals surface area (Å²) in [6.07, 6.45) is 5.01. The van der Waals surface area contributed by atoms with Crippen molar-refractivity contribution in [3.05, 3.63) is 29.3 Å². The summed E-state index contributed by atoms with van der Waals surface area (Å²) in [6.45, 7) is 0.464. The second-order valence-electron chi connectivity index (χ2n) is 4.29. The number of aliphatic hydroxyl groups excluding tert-OH is 1. The lowest BCUT2D eigenvalue weighted by molar-refractivity contribution is 0.197. The summed E-state index contributed by atoms with van der Waals surface area (Å²) in [4.78, 5) is 0. The molecule has 0 heterocycles. The van der Waals surface area contributed by atoms with E-state index in [0.717, 1.165) is 29.7 Å². The zero-order valence-corrected chi connectivity index (χ0v) is 9.48. The zero-order valence-electron chi connectivity index (χ0n) is 9.48. The molecule has 1 aliphatic carbocycles. The quantitative estimate of drug-likeness (QED) is 0.817. The Labute approximate surface area is 96.2 Å². The van der Waals surface area contributed by atoms with E-state index < -0.39 is 0 Å². The van der Waals surface area contributed by atoms with E-state index in [1.165, 1.54) is 12.8 Å². The van der Waals surface area contributed by atoms with Gasteiger partial charge >= 0.3 is 0 Å². The van der Waals surface area contributed by atoms with Crippen molar-refractivity contribution in [1.29, 1.82) is 0 Å². The van der Waals surface area contributed by atoms with Crippen LogP contribution in [0.5, 0.6) is 5.75 Å². The summed E-state index contributed by atoms with van der Waals surface area (Å²) >= 11 is 0. The van der Waals surface area contributed by atoms with Gasteiger partial charge in [-0.3, -0.25) is 0 Å². The summed E-state index contributed by atoms with van der Waals surface area (Å²) in [5, 5.41) is 9.29. The Morgan fingerprint density at radius 2 is 1.94 bits per heavy atom. The van der Waals surface area contributed by atoms with Crippen LogP contribution in [0, 0.1) is 0 Å². The first-order chi connectivity index (χ1) is 7.85. The van der Waals surface area contributed by atoms with E-state index in [1.807, 2.05) is 18.2 Å². The first-order valence-corrected chi connectivity index (χ1v) is 5.93.